The van der Waals surface area contributed by atoms with Gasteiger partial charge in [0.25, 0.3) is 0 Å². The molecule has 0 aliphatic rings. The molecule has 0 aliphatic heterocycles. The summed E-state index contributed by atoms with van der Waals surface area (Å²) in [4.78, 5) is 12.4. The molecular formula is C16H19NO. The van der Waals surface area contributed by atoms with Crippen molar-refractivity contribution >= 4 is 16.6 Å². The standard InChI is InChI=1S/C16H19NO/c1-11(2)15(10-17)16(18)14-8-7-12-5-3-4-6-13(12)9-14/h3-9,11,15H,10,17H2,1-2H3. The van der Waals surface area contributed by atoms with Crippen LogP contribution in [0.4, 0.5) is 0 Å². The van der Waals surface area contributed by atoms with Crippen LogP contribution in [-0.2, 0) is 0 Å². The highest BCUT2D eigenvalue weighted by molar-refractivity contribution is 6.01. The van der Waals surface area contributed by atoms with Gasteiger partial charge in [-0.1, -0.05) is 50.2 Å². The summed E-state index contributed by atoms with van der Waals surface area (Å²) in [7, 11) is 0. The maximum Gasteiger partial charge on any atom is 0.167 e. The molecule has 0 bridgehead atoms. The number of carbonyl (C=O) groups excluding carboxylic acids is 1. The predicted molar refractivity (Wildman–Crippen MR) is 75.7 cm³/mol. The second-order valence-electron chi connectivity index (χ2n) is 5.01. The molecule has 1 unspecified atom stereocenters. The van der Waals surface area contributed by atoms with Crippen LogP contribution in [0.25, 0.3) is 10.8 Å². The Morgan fingerprint density at radius 3 is 2.39 bits per heavy atom. The van der Waals surface area contributed by atoms with Crippen molar-refractivity contribution in [3.63, 3.8) is 0 Å². The van der Waals surface area contributed by atoms with Crippen molar-refractivity contribution in [1.82, 2.24) is 0 Å². The molecule has 0 spiro atoms. The monoisotopic (exact) mass is 241 g/mol. The van der Waals surface area contributed by atoms with Crippen LogP contribution in [0, 0.1) is 11.8 Å². The van der Waals surface area contributed by atoms with Crippen LogP contribution in [0.15, 0.2) is 42.5 Å². The number of carbonyl (C=O) groups is 1. The van der Waals surface area contributed by atoms with Gasteiger partial charge in [0, 0.05) is 18.0 Å². The molecule has 2 aromatic rings. The van der Waals surface area contributed by atoms with E-state index in [2.05, 4.69) is 0 Å². The molecule has 2 rings (SSSR count). The number of Topliss-reactive ketones (excluding diaryl/α,β-unsaturated/α-hetero) is 1. The van der Waals surface area contributed by atoms with Crippen LogP contribution in [-0.4, -0.2) is 12.3 Å². The number of rotatable bonds is 4. The average Bonchev–Trinajstić information content (AvgIpc) is 2.38. The summed E-state index contributed by atoms with van der Waals surface area (Å²) in [5.74, 6) is 0.332. The molecule has 1 atom stereocenters. The molecule has 0 radical (unpaired) electrons. The van der Waals surface area contributed by atoms with Gasteiger partial charge in [-0.25, -0.2) is 0 Å². The summed E-state index contributed by atoms with van der Waals surface area (Å²) in [5.41, 5.74) is 6.47. The van der Waals surface area contributed by atoms with Crippen LogP contribution in [0.1, 0.15) is 24.2 Å². The Balaban J connectivity index is 2.38. The summed E-state index contributed by atoms with van der Waals surface area (Å²) in [5, 5.41) is 2.26. The first kappa shape index (κ1) is 12.8. The zero-order valence-corrected chi connectivity index (χ0v) is 10.9. The number of hydrogen-bond acceptors (Lipinski definition) is 2. The third kappa shape index (κ3) is 2.44. The molecule has 0 amide bonds. The van der Waals surface area contributed by atoms with Crippen molar-refractivity contribution in [1.29, 1.82) is 0 Å². The fourth-order valence-corrected chi connectivity index (χ4v) is 2.24. The summed E-state index contributed by atoms with van der Waals surface area (Å²) in [6, 6.07) is 13.9. The number of ketones is 1. The van der Waals surface area contributed by atoms with Gasteiger partial charge in [0.1, 0.15) is 0 Å². The molecular weight excluding hydrogens is 222 g/mol. The summed E-state index contributed by atoms with van der Waals surface area (Å²) < 4.78 is 0. The van der Waals surface area contributed by atoms with Crippen LogP contribution in [0.5, 0.6) is 0 Å². The molecule has 94 valence electrons. The third-order valence-corrected chi connectivity index (χ3v) is 3.43. The van der Waals surface area contributed by atoms with Gasteiger partial charge in [0.05, 0.1) is 0 Å². The largest absolute Gasteiger partial charge is 0.330 e. The number of fused-ring (bicyclic) bond motifs is 1. The predicted octanol–water partition coefficient (Wildman–Crippen LogP) is 3.25. The fraction of sp³-hybridized carbons (Fsp3) is 0.312. The van der Waals surface area contributed by atoms with E-state index in [4.69, 9.17) is 5.73 Å². The lowest BCUT2D eigenvalue weighted by atomic mass is 9.87. The highest BCUT2D eigenvalue weighted by Gasteiger charge is 2.21. The molecule has 2 heteroatoms. The Kier molecular flexibility index (Phi) is 3.78. The minimum atomic E-state index is -0.0915. The normalized spacial score (nSPS) is 12.9. The van der Waals surface area contributed by atoms with E-state index in [0.717, 1.165) is 16.3 Å². The SMILES string of the molecule is CC(C)C(CN)C(=O)c1ccc2ccccc2c1. The van der Waals surface area contributed by atoms with Crippen molar-refractivity contribution < 1.29 is 4.79 Å². The first-order chi connectivity index (χ1) is 8.63. The maximum atomic E-state index is 12.4. The molecule has 2 N–H and O–H groups in total. The van der Waals surface area contributed by atoms with Crippen LogP contribution < -0.4 is 5.73 Å². The Morgan fingerprint density at radius 1 is 1.11 bits per heavy atom. The van der Waals surface area contributed by atoms with Crippen molar-refractivity contribution in [2.24, 2.45) is 17.6 Å². The Bertz CT molecular complexity index is 560. The smallest absolute Gasteiger partial charge is 0.167 e. The maximum absolute atomic E-state index is 12.4. The first-order valence-corrected chi connectivity index (χ1v) is 6.36. The average molecular weight is 241 g/mol. The van der Waals surface area contributed by atoms with Gasteiger partial charge in [-0.05, 0) is 22.8 Å². The number of nitrogens with two attached hydrogens (primary N) is 1. The zero-order valence-electron chi connectivity index (χ0n) is 10.9. The highest BCUT2D eigenvalue weighted by Crippen LogP contribution is 2.20. The molecule has 18 heavy (non-hydrogen) atoms. The van der Waals surface area contributed by atoms with E-state index in [1.54, 1.807) is 0 Å². The van der Waals surface area contributed by atoms with Crippen LogP contribution in [0.3, 0.4) is 0 Å². The lowest BCUT2D eigenvalue weighted by Gasteiger charge is -2.17. The van der Waals surface area contributed by atoms with Gasteiger partial charge < -0.3 is 5.73 Å². The van der Waals surface area contributed by atoms with Gasteiger partial charge >= 0.3 is 0 Å². The van der Waals surface area contributed by atoms with Gasteiger partial charge in [-0.15, -0.1) is 0 Å². The van der Waals surface area contributed by atoms with E-state index < -0.39 is 0 Å². The van der Waals surface area contributed by atoms with Crippen molar-refractivity contribution in [2.75, 3.05) is 6.54 Å². The Hall–Kier alpha value is -1.67. The molecule has 0 aromatic heterocycles. The summed E-state index contributed by atoms with van der Waals surface area (Å²) in [6.45, 7) is 4.48. The minimum Gasteiger partial charge on any atom is -0.330 e. The Morgan fingerprint density at radius 2 is 1.78 bits per heavy atom. The topological polar surface area (TPSA) is 43.1 Å². The number of benzene rings is 2. The van der Waals surface area contributed by atoms with Crippen LogP contribution >= 0.6 is 0 Å². The van der Waals surface area contributed by atoms with Gasteiger partial charge in [0.15, 0.2) is 5.78 Å². The summed E-state index contributed by atoms with van der Waals surface area (Å²) >= 11 is 0. The van der Waals surface area contributed by atoms with Crippen molar-refractivity contribution in [3.05, 3.63) is 48.0 Å². The van der Waals surface area contributed by atoms with E-state index >= 15 is 0 Å². The van der Waals surface area contributed by atoms with E-state index in [0.29, 0.717) is 6.54 Å². The lowest BCUT2D eigenvalue weighted by molar-refractivity contribution is 0.0892. The molecule has 0 heterocycles. The molecule has 0 fully saturated rings. The molecule has 0 aliphatic carbocycles. The van der Waals surface area contributed by atoms with E-state index in [9.17, 15) is 4.79 Å². The lowest BCUT2D eigenvalue weighted by Crippen LogP contribution is -2.28. The third-order valence-electron chi connectivity index (χ3n) is 3.43. The second kappa shape index (κ2) is 5.32. The highest BCUT2D eigenvalue weighted by atomic mass is 16.1. The van der Waals surface area contributed by atoms with Gasteiger partial charge in [-0.3, -0.25) is 4.79 Å². The van der Waals surface area contributed by atoms with E-state index in [1.807, 2.05) is 56.3 Å². The molecule has 2 aromatic carbocycles. The zero-order chi connectivity index (χ0) is 13.1. The molecule has 0 saturated carbocycles. The second-order valence-corrected chi connectivity index (χ2v) is 5.01. The van der Waals surface area contributed by atoms with E-state index in [1.165, 1.54) is 0 Å². The Labute approximate surface area is 108 Å². The quantitative estimate of drug-likeness (QED) is 0.835. The number of hydrogen-bond donors (Lipinski definition) is 1. The van der Waals surface area contributed by atoms with Gasteiger partial charge in [-0.2, -0.15) is 0 Å². The van der Waals surface area contributed by atoms with Crippen LogP contribution in [0.2, 0.25) is 0 Å². The molecule has 2 nitrogen and oxygen atoms in total. The first-order valence-electron chi connectivity index (χ1n) is 6.36. The van der Waals surface area contributed by atoms with Gasteiger partial charge in [0.2, 0.25) is 0 Å². The van der Waals surface area contributed by atoms with Crippen molar-refractivity contribution in [2.45, 2.75) is 13.8 Å². The summed E-state index contributed by atoms with van der Waals surface area (Å²) in [6.07, 6.45) is 0. The van der Waals surface area contributed by atoms with E-state index in [-0.39, 0.29) is 17.6 Å². The fourth-order valence-electron chi connectivity index (χ4n) is 2.24. The minimum absolute atomic E-state index is 0.0915. The molecule has 0 saturated heterocycles. The van der Waals surface area contributed by atoms with Crippen molar-refractivity contribution in [3.8, 4) is 0 Å².